The van der Waals surface area contributed by atoms with Gasteiger partial charge in [-0.3, -0.25) is 19.4 Å². The number of rotatable bonds is 11. The summed E-state index contributed by atoms with van der Waals surface area (Å²) in [5, 5.41) is 12.3. The number of aliphatic imine (C=N–C) groups is 1. The number of nitrogens with zero attached hydrogens (tertiary/aromatic N) is 2. The molecule has 2 aliphatic rings. The highest BCUT2D eigenvalue weighted by molar-refractivity contribution is 6.48. The second kappa shape index (κ2) is 13.2. The van der Waals surface area contributed by atoms with Gasteiger partial charge in [0.15, 0.2) is 0 Å². The number of hydrogen-bond donors (Lipinski definition) is 2. The first-order chi connectivity index (χ1) is 19.9. The van der Waals surface area contributed by atoms with Crippen molar-refractivity contribution in [3.8, 4) is 0 Å². The molecule has 1 spiro atoms. The molecule has 1 atom stereocenters. The lowest BCUT2D eigenvalue weighted by Gasteiger charge is -2.48. The van der Waals surface area contributed by atoms with E-state index in [0.717, 1.165) is 50.5 Å². The minimum atomic E-state index is -0.966. The van der Waals surface area contributed by atoms with Crippen molar-refractivity contribution in [2.24, 2.45) is 16.3 Å². The van der Waals surface area contributed by atoms with Crippen LogP contribution in [0.15, 0.2) is 47.5 Å². The van der Waals surface area contributed by atoms with Crippen LogP contribution < -0.4 is 5.32 Å². The van der Waals surface area contributed by atoms with Crippen LogP contribution in [0.25, 0.3) is 0 Å². The molecule has 226 valence electrons. The third-order valence-corrected chi connectivity index (χ3v) is 9.98. The lowest BCUT2D eigenvalue weighted by atomic mass is 9.67. The van der Waals surface area contributed by atoms with Gasteiger partial charge >= 0.3 is 5.97 Å². The Morgan fingerprint density at radius 2 is 1.76 bits per heavy atom. The van der Waals surface area contributed by atoms with Crippen LogP contribution in [-0.4, -0.2) is 45.7 Å². The Morgan fingerprint density at radius 1 is 1.10 bits per heavy atom. The Labute approximate surface area is 258 Å². The number of carboxylic acid groups (broad SMARTS) is 1. The molecule has 1 fully saturated rings. The summed E-state index contributed by atoms with van der Waals surface area (Å²) in [5.74, 6) is -0.856. The number of carbonyl (C=O) groups is 3. The van der Waals surface area contributed by atoms with Crippen molar-refractivity contribution in [3.05, 3.63) is 69.2 Å². The summed E-state index contributed by atoms with van der Waals surface area (Å²) >= 11 is 12.6. The second-order valence-electron chi connectivity index (χ2n) is 12.2. The number of carboxylic acids is 1. The minimum absolute atomic E-state index is 0.0594. The van der Waals surface area contributed by atoms with E-state index in [4.69, 9.17) is 33.3 Å². The highest BCUT2D eigenvalue weighted by atomic mass is 35.5. The molecule has 2 N–H and O–H groups in total. The third kappa shape index (κ3) is 6.68. The Bertz CT molecular complexity index is 1350. The van der Waals surface area contributed by atoms with E-state index >= 15 is 0 Å². The van der Waals surface area contributed by atoms with Gasteiger partial charge in [-0.05, 0) is 73.3 Å². The van der Waals surface area contributed by atoms with Crippen molar-refractivity contribution < 1.29 is 19.5 Å². The van der Waals surface area contributed by atoms with Crippen LogP contribution in [0.5, 0.6) is 0 Å². The fourth-order valence-electron chi connectivity index (χ4n) is 6.34. The topological polar surface area (TPSA) is 99.1 Å². The van der Waals surface area contributed by atoms with Crippen molar-refractivity contribution in [1.82, 2.24) is 10.2 Å². The van der Waals surface area contributed by atoms with Crippen molar-refractivity contribution in [2.75, 3.05) is 6.54 Å². The van der Waals surface area contributed by atoms with Crippen LogP contribution in [0, 0.1) is 11.3 Å². The fraction of sp³-hybridized carbons (Fsp3) is 0.515. The van der Waals surface area contributed by atoms with Gasteiger partial charge in [-0.15, -0.1) is 0 Å². The molecule has 0 unspecified atom stereocenters. The van der Waals surface area contributed by atoms with Gasteiger partial charge in [0, 0.05) is 17.7 Å². The molecule has 2 aromatic rings. The number of nitrogens with one attached hydrogen (secondary N) is 1. The molecule has 42 heavy (non-hydrogen) atoms. The standard InChI is InChI=1S/C33H41Cl2N3O4/c1-5-7-27(21-8-10-22(11-9-21)30(41)36-19-16-28(39)40)38-31(42)29(23-12-13-25(34)26(35)20-23)37-33(38)17-14-24(15-18-33)32(3,4)6-2/h8-13,20,24,27H,5-7,14-19H2,1-4H3,(H,36,41)(H,39,40)/t24?,27-,33?/m1/s1. The second-order valence-corrected chi connectivity index (χ2v) is 13.0. The summed E-state index contributed by atoms with van der Waals surface area (Å²) in [6, 6.07) is 12.3. The maximum Gasteiger partial charge on any atom is 0.305 e. The van der Waals surface area contributed by atoms with Gasteiger partial charge < -0.3 is 15.3 Å². The number of halogens is 2. The lowest BCUT2D eigenvalue weighted by Crippen LogP contribution is -2.51. The molecule has 7 nitrogen and oxygen atoms in total. The Kier molecular flexibility index (Phi) is 10.0. The van der Waals surface area contributed by atoms with Gasteiger partial charge in [-0.25, -0.2) is 0 Å². The minimum Gasteiger partial charge on any atom is -0.481 e. The number of carbonyl (C=O) groups excluding carboxylic acids is 2. The molecule has 1 saturated carbocycles. The van der Waals surface area contributed by atoms with Crippen molar-refractivity contribution in [3.63, 3.8) is 0 Å². The van der Waals surface area contributed by atoms with Crippen molar-refractivity contribution in [1.29, 1.82) is 0 Å². The zero-order valence-corrected chi connectivity index (χ0v) is 26.4. The van der Waals surface area contributed by atoms with E-state index in [-0.39, 0.29) is 36.2 Å². The highest BCUT2D eigenvalue weighted by Gasteiger charge is 2.52. The molecule has 0 radical (unpaired) electrons. The molecule has 9 heteroatoms. The van der Waals surface area contributed by atoms with Gasteiger partial charge in [0.25, 0.3) is 11.8 Å². The van der Waals surface area contributed by atoms with Gasteiger partial charge in [-0.1, -0.05) is 81.9 Å². The number of benzene rings is 2. The summed E-state index contributed by atoms with van der Waals surface area (Å²) in [6.45, 7) is 9.06. The van der Waals surface area contributed by atoms with Crippen LogP contribution in [0.4, 0.5) is 0 Å². The maximum absolute atomic E-state index is 14.4. The summed E-state index contributed by atoms with van der Waals surface area (Å²) in [6.07, 6.45) is 6.08. The molecule has 2 aromatic carbocycles. The van der Waals surface area contributed by atoms with E-state index in [1.807, 2.05) is 17.0 Å². The van der Waals surface area contributed by atoms with Crippen LogP contribution >= 0.6 is 23.2 Å². The molecule has 4 rings (SSSR count). The maximum atomic E-state index is 14.4. The Morgan fingerprint density at radius 3 is 2.33 bits per heavy atom. The quantitative estimate of drug-likeness (QED) is 0.271. The van der Waals surface area contributed by atoms with E-state index < -0.39 is 11.6 Å². The lowest BCUT2D eigenvalue weighted by molar-refractivity contribution is -0.137. The van der Waals surface area contributed by atoms with Crippen LogP contribution in [0.3, 0.4) is 0 Å². The number of hydrogen-bond acceptors (Lipinski definition) is 4. The van der Waals surface area contributed by atoms with Crippen molar-refractivity contribution in [2.45, 2.75) is 90.8 Å². The molecular weight excluding hydrogens is 573 g/mol. The highest BCUT2D eigenvalue weighted by Crippen LogP contribution is 2.50. The Balaban J connectivity index is 1.69. The first-order valence-corrected chi connectivity index (χ1v) is 15.7. The predicted octanol–water partition coefficient (Wildman–Crippen LogP) is 7.69. The van der Waals surface area contributed by atoms with Crippen LogP contribution in [0.2, 0.25) is 10.0 Å². The summed E-state index contributed by atoms with van der Waals surface area (Å²) < 4.78 is 0. The van der Waals surface area contributed by atoms with Crippen LogP contribution in [-0.2, 0) is 9.59 Å². The Hall–Kier alpha value is -2.90. The molecule has 0 aromatic heterocycles. The average Bonchev–Trinajstić information content (AvgIpc) is 3.24. The summed E-state index contributed by atoms with van der Waals surface area (Å²) in [4.78, 5) is 45.0. The third-order valence-electron chi connectivity index (χ3n) is 9.24. The zero-order valence-electron chi connectivity index (χ0n) is 24.9. The normalized spacial score (nSPS) is 21.4. The number of aliphatic carboxylic acids is 1. The number of amides is 2. The van der Waals surface area contributed by atoms with E-state index in [0.29, 0.717) is 32.8 Å². The summed E-state index contributed by atoms with van der Waals surface area (Å²) in [5.41, 5.74) is 2.01. The fourth-order valence-corrected chi connectivity index (χ4v) is 6.64. The van der Waals surface area contributed by atoms with Gasteiger partial charge in [0.2, 0.25) is 0 Å². The smallest absolute Gasteiger partial charge is 0.305 e. The van der Waals surface area contributed by atoms with Gasteiger partial charge in [-0.2, -0.15) is 0 Å². The molecule has 0 saturated heterocycles. The molecular formula is C33H41Cl2N3O4. The molecule has 1 aliphatic carbocycles. The molecule has 1 aliphatic heterocycles. The molecule has 2 amide bonds. The van der Waals surface area contributed by atoms with E-state index in [1.165, 1.54) is 0 Å². The van der Waals surface area contributed by atoms with E-state index in [2.05, 4.69) is 33.0 Å². The first kappa shape index (κ1) is 32.0. The van der Waals surface area contributed by atoms with E-state index in [9.17, 15) is 14.4 Å². The van der Waals surface area contributed by atoms with E-state index in [1.54, 1.807) is 30.3 Å². The molecule has 0 bridgehead atoms. The van der Waals surface area contributed by atoms with Gasteiger partial charge in [0.05, 0.1) is 22.5 Å². The van der Waals surface area contributed by atoms with Crippen LogP contribution in [0.1, 0.15) is 107 Å². The zero-order chi connectivity index (χ0) is 30.7. The van der Waals surface area contributed by atoms with Gasteiger partial charge in [0.1, 0.15) is 11.4 Å². The average molecular weight is 615 g/mol. The summed E-state index contributed by atoms with van der Waals surface area (Å²) in [7, 11) is 0. The first-order valence-electron chi connectivity index (χ1n) is 14.9. The largest absolute Gasteiger partial charge is 0.481 e. The predicted molar refractivity (Wildman–Crippen MR) is 167 cm³/mol. The molecule has 1 heterocycles. The van der Waals surface area contributed by atoms with Crippen molar-refractivity contribution >= 4 is 46.7 Å². The SMILES string of the molecule is CCC[C@H](c1ccc(C(=O)NCCC(=O)O)cc1)N1C(=O)C(c2ccc(Cl)c(Cl)c2)=NC12CCC(C(C)(C)CC)CC2. The monoisotopic (exact) mass is 613 g/mol.